The Morgan fingerprint density at radius 2 is 1.78 bits per heavy atom. The van der Waals surface area contributed by atoms with Gasteiger partial charge in [-0.25, -0.2) is 5.48 Å². The van der Waals surface area contributed by atoms with Crippen LogP contribution in [-0.2, 0) is 15.0 Å². The zero-order valence-corrected chi connectivity index (χ0v) is 10.0. The number of hydroxylamine groups is 1. The number of carbonyl (C=O) groups is 1. The third-order valence-electron chi connectivity index (χ3n) is 2.46. The smallest absolute Gasteiger partial charge is 0.272 e. The fourth-order valence-electron chi connectivity index (χ4n) is 1.30. The molecule has 0 unspecified atom stereocenters. The van der Waals surface area contributed by atoms with Crippen molar-refractivity contribution in [2.45, 2.75) is 25.4 Å². The maximum Gasteiger partial charge on any atom is 0.414 e. The highest BCUT2D eigenvalue weighted by molar-refractivity contribution is 5.86. The SMILES string of the molecule is CC(C)(C(=O)NOCC(F)(F)F)c1ccccc1. The first kappa shape index (κ1) is 14.5. The second-order valence-electron chi connectivity index (χ2n) is 4.33. The van der Waals surface area contributed by atoms with Gasteiger partial charge in [-0.15, -0.1) is 0 Å². The molecule has 1 rings (SSSR count). The van der Waals surface area contributed by atoms with Crippen LogP contribution in [0.15, 0.2) is 30.3 Å². The molecule has 100 valence electrons. The highest BCUT2D eigenvalue weighted by atomic mass is 19.4. The summed E-state index contributed by atoms with van der Waals surface area (Å²) in [5.74, 6) is -0.627. The van der Waals surface area contributed by atoms with E-state index in [1.807, 2.05) is 5.48 Å². The molecule has 18 heavy (non-hydrogen) atoms. The Bertz CT molecular complexity index is 402. The highest BCUT2D eigenvalue weighted by Crippen LogP contribution is 2.23. The summed E-state index contributed by atoms with van der Waals surface area (Å²) >= 11 is 0. The number of hydrogen-bond donors (Lipinski definition) is 1. The molecule has 1 amide bonds. The molecule has 0 heterocycles. The van der Waals surface area contributed by atoms with Gasteiger partial charge in [-0.05, 0) is 19.4 Å². The van der Waals surface area contributed by atoms with Crippen LogP contribution in [0.1, 0.15) is 19.4 Å². The van der Waals surface area contributed by atoms with Gasteiger partial charge in [0, 0.05) is 0 Å². The number of alkyl halides is 3. The predicted molar refractivity (Wildman–Crippen MR) is 59.6 cm³/mol. The molecular weight excluding hydrogens is 247 g/mol. The maximum atomic E-state index is 11.8. The molecule has 1 aromatic carbocycles. The maximum absolute atomic E-state index is 11.8. The van der Waals surface area contributed by atoms with Crippen LogP contribution in [-0.4, -0.2) is 18.7 Å². The van der Waals surface area contributed by atoms with Crippen molar-refractivity contribution in [1.29, 1.82) is 0 Å². The fourth-order valence-corrected chi connectivity index (χ4v) is 1.30. The van der Waals surface area contributed by atoms with Gasteiger partial charge in [0.2, 0.25) is 0 Å². The van der Waals surface area contributed by atoms with E-state index in [0.717, 1.165) is 0 Å². The minimum atomic E-state index is -4.47. The summed E-state index contributed by atoms with van der Waals surface area (Å²) in [6, 6.07) is 8.74. The van der Waals surface area contributed by atoms with Crippen LogP contribution in [0.3, 0.4) is 0 Å². The Morgan fingerprint density at radius 3 is 2.28 bits per heavy atom. The van der Waals surface area contributed by atoms with Crippen LogP contribution in [0, 0.1) is 0 Å². The third kappa shape index (κ3) is 4.03. The lowest BCUT2D eigenvalue weighted by Gasteiger charge is -2.23. The van der Waals surface area contributed by atoms with Crippen molar-refractivity contribution in [2.24, 2.45) is 0 Å². The van der Waals surface area contributed by atoms with E-state index in [9.17, 15) is 18.0 Å². The van der Waals surface area contributed by atoms with Crippen LogP contribution in [0.2, 0.25) is 0 Å². The number of hydrogen-bond acceptors (Lipinski definition) is 2. The molecule has 6 heteroatoms. The molecule has 0 radical (unpaired) electrons. The Kier molecular flexibility index (Phi) is 4.34. The molecule has 1 aromatic rings. The highest BCUT2D eigenvalue weighted by Gasteiger charge is 2.32. The lowest BCUT2D eigenvalue weighted by atomic mass is 9.84. The van der Waals surface area contributed by atoms with E-state index in [4.69, 9.17) is 0 Å². The largest absolute Gasteiger partial charge is 0.414 e. The third-order valence-corrected chi connectivity index (χ3v) is 2.46. The van der Waals surface area contributed by atoms with Crippen LogP contribution >= 0.6 is 0 Å². The lowest BCUT2D eigenvalue weighted by molar-refractivity contribution is -0.193. The van der Waals surface area contributed by atoms with Crippen molar-refractivity contribution >= 4 is 5.91 Å². The van der Waals surface area contributed by atoms with E-state index in [1.54, 1.807) is 44.2 Å². The van der Waals surface area contributed by atoms with Crippen molar-refractivity contribution < 1.29 is 22.8 Å². The first-order chi connectivity index (χ1) is 8.23. The van der Waals surface area contributed by atoms with Crippen LogP contribution in [0.25, 0.3) is 0 Å². The topological polar surface area (TPSA) is 38.3 Å². The van der Waals surface area contributed by atoms with Gasteiger partial charge in [-0.1, -0.05) is 30.3 Å². The lowest BCUT2D eigenvalue weighted by Crippen LogP contribution is -2.41. The Labute approximate surface area is 103 Å². The normalized spacial score (nSPS) is 12.3. The molecule has 0 saturated heterocycles. The van der Waals surface area contributed by atoms with Crippen molar-refractivity contribution in [3.8, 4) is 0 Å². The average Bonchev–Trinajstić information content (AvgIpc) is 2.28. The molecule has 0 spiro atoms. The summed E-state index contributed by atoms with van der Waals surface area (Å²) < 4.78 is 35.5. The van der Waals surface area contributed by atoms with E-state index < -0.39 is 24.1 Å². The van der Waals surface area contributed by atoms with Crippen molar-refractivity contribution in [1.82, 2.24) is 5.48 Å². The molecule has 0 fully saturated rings. The fraction of sp³-hybridized carbons (Fsp3) is 0.417. The van der Waals surface area contributed by atoms with Gasteiger partial charge < -0.3 is 0 Å². The first-order valence-corrected chi connectivity index (χ1v) is 5.28. The Morgan fingerprint density at radius 1 is 1.22 bits per heavy atom. The molecule has 3 nitrogen and oxygen atoms in total. The Balaban J connectivity index is 2.61. The van der Waals surface area contributed by atoms with Crippen molar-refractivity contribution in [3.63, 3.8) is 0 Å². The number of rotatable bonds is 4. The zero-order valence-electron chi connectivity index (χ0n) is 10.0. The van der Waals surface area contributed by atoms with Gasteiger partial charge in [-0.3, -0.25) is 9.63 Å². The number of amides is 1. The molecule has 0 saturated carbocycles. The monoisotopic (exact) mass is 261 g/mol. The molecule has 0 aliphatic carbocycles. The van der Waals surface area contributed by atoms with E-state index in [1.165, 1.54) is 0 Å². The Hall–Kier alpha value is -1.56. The summed E-state index contributed by atoms with van der Waals surface area (Å²) in [4.78, 5) is 15.9. The summed E-state index contributed by atoms with van der Waals surface area (Å²) in [6.45, 7) is 1.70. The summed E-state index contributed by atoms with van der Waals surface area (Å²) in [5.41, 5.74) is 1.55. The predicted octanol–water partition coefficient (Wildman–Crippen LogP) is 2.57. The summed E-state index contributed by atoms with van der Waals surface area (Å²) in [6.07, 6.45) is -4.47. The van der Waals surface area contributed by atoms with E-state index in [0.29, 0.717) is 5.56 Å². The second kappa shape index (κ2) is 5.39. The average molecular weight is 261 g/mol. The summed E-state index contributed by atoms with van der Waals surface area (Å²) in [7, 11) is 0. The minimum Gasteiger partial charge on any atom is -0.272 e. The second-order valence-corrected chi connectivity index (χ2v) is 4.33. The van der Waals surface area contributed by atoms with Gasteiger partial charge in [0.05, 0.1) is 5.41 Å². The quantitative estimate of drug-likeness (QED) is 0.846. The summed E-state index contributed by atoms with van der Waals surface area (Å²) in [5, 5.41) is 0. The van der Waals surface area contributed by atoms with Gasteiger partial charge in [0.15, 0.2) is 6.61 Å². The van der Waals surface area contributed by atoms with Crippen molar-refractivity contribution in [3.05, 3.63) is 35.9 Å². The first-order valence-electron chi connectivity index (χ1n) is 5.28. The molecular formula is C12H14F3NO2. The van der Waals surface area contributed by atoms with Crippen molar-refractivity contribution in [2.75, 3.05) is 6.61 Å². The standard InChI is InChI=1S/C12H14F3NO2/c1-11(2,9-6-4-3-5-7-9)10(17)16-18-8-12(13,14)15/h3-7H,8H2,1-2H3,(H,16,17). The van der Waals surface area contributed by atoms with Crippen LogP contribution in [0.4, 0.5) is 13.2 Å². The number of nitrogens with one attached hydrogen (secondary N) is 1. The number of halogens is 3. The van der Waals surface area contributed by atoms with Crippen LogP contribution in [0.5, 0.6) is 0 Å². The van der Waals surface area contributed by atoms with E-state index in [-0.39, 0.29) is 0 Å². The van der Waals surface area contributed by atoms with Gasteiger partial charge in [0.25, 0.3) is 5.91 Å². The molecule has 0 atom stereocenters. The molecule has 1 N–H and O–H groups in total. The van der Waals surface area contributed by atoms with E-state index in [2.05, 4.69) is 4.84 Å². The molecule has 0 aliphatic heterocycles. The number of benzene rings is 1. The molecule has 0 bridgehead atoms. The molecule has 0 aliphatic rings. The molecule has 0 aromatic heterocycles. The minimum absolute atomic E-state index is 0.627. The zero-order chi connectivity index (χ0) is 13.8. The van der Waals surface area contributed by atoms with Crippen LogP contribution < -0.4 is 5.48 Å². The van der Waals surface area contributed by atoms with Gasteiger partial charge >= 0.3 is 6.18 Å². The number of carbonyl (C=O) groups excluding carboxylic acids is 1. The van der Waals surface area contributed by atoms with Gasteiger partial charge in [-0.2, -0.15) is 13.2 Å². The van der Waals surface area contributed by atoms with E-state index >= 15 is 0 Å². The van der Waals surface area contributed by atoms with Gasteiger partial charge in [0.1, 0.15) is 0 Å².